The number of benzene rings is 2. The normalized spacial score (nSPS) is 12.3. The molecule has 18 heavy (non-hydrogen) atoms. The van der Waals surface area contributed by atoms with Gasteiger partial charge in [-0.25, -0.2) is 0 Å². The van der Waals surface area contributed by atoms with Gasteiger partial charge < -0.3 is 5.32 Å². The van der Waals surface area contributed by atoms with E-state index in [4.69, 9.17) is 0 Å². The summed E-state index contributed by atoms with van der Waals surface area (Å²) in [7, 11) is 0. The van der Waals surface area contributed by atoms with E-state index in [-0.39, 0.29) is 0 Å². The quantitative estimate of drug-likeness (QED) is 0.839. The summed E-state index contributed by atoms with van der Waals surface area (Å²) in [6.07, 6.45) is 1.06. The largest absolute Gasteiger partial charge is 0.310 e. The fourth-order valence-electron chi connectivity index (χ4n) is 1.99. The zero-order valence-electron chi connectivity index (χ0n) is 10.9. The lowest BCUT2D eigenvalue weighted by Gasteiger charge is -2.14. The van der Waals surface area contributed by atoms with Gasteiger partial charge >= 0.3 is 0 Å². The zero-order chi connectivity index (χ0) is 12.8. The molecule has 0 fully saturated rings. The average molecular weight is 238 g/mol. The minimum absolute atomic E-state index is 0.479. The van der Waals surface area contributed by atoms with Crippen molar-refractivity contribution in [3.63, 3.8) is 0 Å². The van der Waals surface area contributed by atoms with Gasteiger partial charge in [0.2, 0.25) is 0 Å². The van der Waals surface area contributed by atoms with Crippen LogP contribution in [0.25, 0.3) is 0 Å². The molecule has 93 valence electrons. The minimum atomic E-state index is 0.479. The van der Waals surface area contributed by atoms with Gasteiger partial charge in [-0.1, -0.05) is 54.6 Å². The molecule has 1 heteroatoms. The van der Waals surface area contributed by atoms with Crippen molar-refractivity contribution in [3.8, 4) is 0 Å². The topological polar surface area (TPSA) is 12.0 Å². The Labute approximate surface area is 110 Å². The Kier molecular flexibility index (Phi) is 4.54. The fraction of sp³-hybridized carbons (Fsp3) is 0.235. The van der Waals surface area contributed by atoms with Crippen LogP contribution >= 0.6 is 0 Å². The third-order valence-electron chi connectivity index (χ3n) is 3.06. The Balaban J connectivity index is 1.81. The number of hydrogen-bond acceptors (Lipinski definition) is 1. The van der Waals surface area contributed by atoms with Crippen molar-refractivity contribution in [2.75, 3.05) is 0 Å². The summed E-state index contributed by atoms with van der Waals surface area (Å²) in [6.45, 7) is 7.03. The Morgan fingerprint density at radius 1 is 0.944 bits per heavy atom. The maximum absolute atomic E-state index is 3.89. The van der Waals surface area contributed by atoms with Gasteiger partial charge in [0, 0.05) is 12.6 Å². The summed E-state index contributed by atoms with van der Waals surface area (Å²) in [4.78, 5) is 0. The molecule has 1 radical (unpaired) electrons. The van der Waals surface area contributed by atoms with Crippen LogP contribution in [0, 0.1) is 6.92 Å². The van der Waals surface area contributed by atoms with E-state index in [0.717, 1.165) is 18.5 Å². The van der Waals surface area contributed by atoms with Crippen molar-refractivity contribution < 1.29 is 0 Å². The van der Waals surface area contributed by atoms with Crippen molar-refractivity contribution in [3.05, 3.63) is 78.2 Å². The maximum Gasteiger partial charge on any atom is 0.0208 e. The maximum atomic E-state index is 3.89. The summed E-state index contributed by atoms with van der Waals surface area (Å²) < 4.78 is 0. The molecule has 0 saturated heterocycles. The highest BCUT2D eigenvalue weighted by Crippen LogP contribution is 2.05. The summed E-state index contributed by atoms with van der Waals surface area (Å²) in [5, 5.41) is 3.55. The first kappa shape index (κ1) is 12.8. The second-order valence-corrected chi connectivity index (χ2v) is 4.79. The molecule has 0 bridgehead atoms. The fourth-order valence-corrected chi connectivity index (χ4v) is 1.99. The Hall–Kier alpha value is -1.60. The van der Waals surface area contributed by atoms with Gasteiger partial charge in [0.25, 0.3) is 0 Å². The van der Waals surface area contributed by atoms with Gasteiger partial charge in [-0.2, -0.15) is 0 Å². The molecule has 2 aromatic rings. The lowest BCUT2D eigenvalue weighted by atomic mass is 10.1. The van der Waals surface area contributed by atoms with Gasteiger partial charge in [-0.3, -0.25) is 0 Å². The smallest absolute Gasteiger partial charge is 0.0208 e. The van der Waals surface area contributed by atoms with Crippen LogP contribution in [0.4, 0.5) is 0 Å². The first-order chi connectivity index (χ1) is 8.74. The van der Waals surface area contributed by atoms with Crippen LogP contribution in [0.15, 0.2) is 54.6 Å². The van der Waals surface area contributed by atoms with E-state index in [0.29, 0.717) is 6.04 Å². The highest BCUT2D eigenvalue weighted by atomic mass is 14.9. The lowest BCUT2D eigenvalue weighted by molar-refractivity contribution is 0.545. The first-order valence-electron chi connectivity index (χ1n) is 6.42. The number of hydrogen-bond donors (Lipinski definition) is 1. The monoisotopic (exact) mass is 238 g/mol. The summed E-state index contributed by atoms with van der Waals surface area (Å²) in [5.41, 5.74) is 3.75. The summed E-state index contributed by atoms with van der Waals surface area (Å²) >= 11 is 0. The molecule has 0 saturated carbocycles. The standard InChI is InChI=1S/C17H20N/c1-14-8-10-17(11-9-14)13-18-15(2)12-16-6-4-3-5-7-16/h3-11,15,18H,1,12-13H2,2H3. The second-order valence-electron chi connectivity index (χ2n) is 4.79. The summed E-state index contributed by atoms with van der Waals surface area (Å²) in [6, 6.07) is 19.4. The average Bonchev–Trinajstić information content (AvgIpc) is 2.39. The van der Waals surface area contributed by atoms with Crippen molar-refractivity contribution in [2.45, 2.75) is 25.9 Å². The molecule has 2 rings (SSSR count). The molecular weight excluding hydrogens is 218 g/mol. The van der Waals surface area contributed by atoms with E-state index in [2.05, 4.69) is 73.8 Å². The molecule has 1 atom stereocenters. The molecule has 2 aromatic carbocycles. The SMILES string of the molecule is [CH2]c1ccc(CNC(C)Cc2ccccc2)cc1. The number of nitrogens with one attached hydrogen (secondary N) is 1. The highest BCUT2D eigenvalue weighted by Gasteiger charge is 2.02. The molecule has 0 aliphatic rings. The van der Waals surface area contributed by atoms with E-state index in [1.807, 2.05) is 0 Å². The summed E-state index contributed by atoms with van der Waals surface area (Å²) in [5.74, 6) is 0. The second kappa shape index (κ2) is 6.36. The molecule has 0 aliphatic carbocycles. The van der Waals surface area contributed by atoms with E-state index >= 15 is 0 Å². The molecular formula is C17H20N. The van der Waals surface area contributed by atoms with Crippen LogP contribution < -0.4 is 5.32 Å². The van der Waals surface area contributed by atoms with E-state index in [9.17, 15) is 0 Å². The molecule has 0 amide bonds. The lowest BCUT2D eigenvalue weighted by Crippen LogP contribution is -2.27. The van der Waals surface area contributed by atoms with Gasteiger partial charge in [0.05, 0.1) is 0 Å². The molecule has 1 nitrogen and oxygen atoms in total. The third kappa shape index (κ3) is 4.01. The van der Waals surface area contributed by atoms with E-state index in [1.165, 1.54) is 11.1 Å². The molecule has 0 aliphatic heterocycles. The van der Waals surface area contributed by atoms with Gasteiger partial charge in [0.1, 0.15) is 0 Å². The Morgan fingerprint density at radius 2 is 1.61 bits per heavy atom. The van der Waals surface area contributed by atoms with E-state index < -0.39 is 0 Å². The highest BCUT2D eigenvalue weighted by molar-refractivity contribution is 5.24. The van der Waals surface area contributed by atoms with Crippen LogP contribution in [0.1, 0.15) is 23.6 Å². The van der Waals surface area contributed by atoms with Gasteiger partial charge in [0.15, 0.2) is 0 Å². The Bertz CT molecular complexity index is 459. The molecule has 0 heterocycles. The molecule has 1 N–H and O–H groups in total. The first-order valence-corrected chi connectivity index (χ1v) is 6.42. The predicted molar refractivity (Wildman–Crippen MR) is 77.3 cm³/mol. The van der Waals surface area contributed by atoms with Crippen LogP contribution in [-0.4, -0.2) is 6.04 Å². The van der Waals surface area contributed by atoms with E-state index in [1.54, 1.807) is 0 Å². The van der Waals surface area contributed by atoms with Crippen LogP contribution in [-0.2, 0) is 13.0 Å². The van der Waals surface area contributed by atoms with Crippen molar-refractivity contribution in [1.82, 2.24) is 5.32 Å². The van der Waals surface area contributed by atoms with Crippen molar-refractivity contribution in [2.24, 2.45) is 0 Å². The molecule has 1 unspecified atom stereocenters. The van der Waals surface area contributed by atoms with Crippen LogP contribution in [0.3, 0.4) is 0 Å². The van der Waals surface area contributed by atoms with Crippen molar-refractivity contribution in [1.29, 1.82) is 0 Å². The third-order valence-corrected chi connectivity index (χ3v) is 3.06. The van der Waals surface area contributed by atoms with Crippen molar-refractivity contribution >= 4 is 0 Å². The van der Waals surface area contributed by atoms with Crippen LogP contribution in [0.2, 0.25) is 0 Å². The van der Waals surface area contributed by atoms with Gasteiger partial charge in [-0.05, 0) is 37.0 Å². The zero-order valence-corrected chi connectivity index (χ0v) is 10.9. The number of rotatable bonds is 5. The molecule has 0 spiro atoms. The van der Waals surface area contributed by atoms with Crippen LogP contribution in [0.5, 0.6) is 0 Å². The predicted octanol–water partition coefficient (Wildman–Crippen LogP) is 3.59. The molecule has 0 aromatic heterocycles. The Morgan fingerprint density at radius 3 is 2.28 bits per heavy atom. The van der Waals surface area contributed by atoms with Gasteiger partial charge in [-0.15, -0.1) is 0 Å². The minimum Gasteiger partial charge on any atom is -0.310 e.